The monoisotopic (exact) mass is 386 g/mol. The van der Waals surface area contributed by atoms with Crippen LogP contribution in [0.4, 0.5) is 0 Å². The van der Waals surface area contributed by atoms with Gasteiger partial charge in [-0.25, -0.2) is 0 Å². The van der Waals surface area contributed by atoms with Crippen molar-refractivity contribution < 1.29 is 9.53 Å². The number of nitrogens with zero attached hydrogens (tertiary/aromatic N) is 1. The highest BCUT2D eigenvalue weighted by Crippen LogP contribution is 2.32. The summed E-state index contributed by atoms with van der Waals surface area (Å²) >= 11 is 0. The molecule has 0 spiro atoms. The summed E-state index contributed by atoms with van der Waals surface area (Å²) in [6.45, 7) is 5.62. The summed E-state index contributed by atoms with van der Waals surface area (Å²) in [5.41, 5.74) is 2.80. The first-order valence-electron chi connectivity index (χ1n) is 10.8. The van der Waals surface area contributed by atoms with Gasteiger partial charge in [0.1, 0.15) is 0 Å². The Morgan fingerprint density at radius 2 is 1.96 bits per heavy atom. The number of amides is 1. The molecule has 2 aliphatic rings. The molecule has 3 N–H and O–H groups in total. The molecule has 1 aromatic carbocycles. The third kappa shape index (κ3) is 6.51. The molecule has 1 aromatic rings. The van der Waals surface area contributed by atoms with Crippen LogP contribution in [-0.4, -0.2) is 44.7 Å². The molecule has 0 bridgehead atoms. The molecule has 6 nitrogen and oxygen atoms in total. The lowest BCUT2D eigenvalue weighted by atomic mass is 9.89. The van der Waals surface area contributed by atoms with E-state index in [0.717, 1.165) is 51.3 Å². The molecule has 1 saturated carbocycles. The first-order valence-corrected chi connectivity index (χ1v) is 10.8. The highest BCUT2D eigenvalue weighted by molar-refractivity contribution is 5.81. The van der Waals surface area contributed by atoms with Gasteiger partial charge in [0.05, 0.1) is 6.10 Å². The van der Waals surface area contributed by atoms with Gasteiger partial charge in [-0.15, -0.1) is 0 Å². The number of carbonyl (C=O) groups is 1. The number of rotatable bonds is 10. The van der Waals surface area contributed by atoms with Gasteiger partial charge in [-0.05, 0) is 56.6 Å². The molecule has 28 heavy (non-hydrogen) atoms. The van der Waals surface area contributed by atoms with E-state index in [1.54, 1.807) is 0 Å². The number of aryl methyl sites for hydroxylation is 1. The van der Waals surface area contributed by atoms with Gasteiger partial charge in [-0.2, -0.15) is 0 Å². The van der Waals surface area contributed by atoms with E-state index in [9.17, 15) is 4.79 Å². The van der Waals surface area contributed by atoms with Gasteiger partial charge in [0, 0.05) is 38.7 Å². The minimum Gasteiger partial charge on any atom is -0.373 e. The van der Waals surface area contributed by atoms with E-state index >= 15 is 0 Å². The van der Waals surface area contributed by atoms with Gasteiger partial charge >= 0.3 is 0 Å². The van der Waals surface area contributed by atoms with Crippen molar-refractivity contribution in [3.05, 3.63) is 35.4 Å². The van der Waals surface area contributed by atoms with Crippen LogP contribution in [0.2, 0.25) is 0 Å². The van der Waals surface area contributed by atoms with Crippen LogP contribution in [0.3, 0.4) is 0 Å². The summed E-state index contributed by atoms with van der Waals surface area (Å²) in [6.07, 6.45) is 6.68. The van der Waals surface area contributed by atoms with Gasteiger partial charge < -0.3 is 20.7 Å². The Morgan fingerprint density at radius 1 is 1.14 bits per heavy atom. The maximum absolute atomic E-state index is 11.6. The topological polar surface area (TPSA) is 74.8 Å². The van der Waals surface area contributed by atoms with Gasteiger partial charge in [-0.1, -0.05) is 24.3 Å². The first-order chi connectivity index (χ1) is 13.8. The molecule has 2 aliphatic carbocycles. The number of aliphatic imine (C=N–C) groups is 1. The molecule has 0 saturated heterocycles. The van der Waals surface area contributed by atoms with E-state index < -0.39 is 0 Å². The van der Waals surface area contributed by atoms with E-state index in [2.05, 4.69) is 52.1 Å². The van der Waals surface area contributed by atoms with Crippen molar-refractivity contribution in [2.45, 2.75) is 51.6 Å². The van der Waals surface area contributed by atoms with Crippen molar-refractivity contribution in [1.82, 2.24) is 16.0 Å². The van der Waals surface area contributed by atoms with Crippen molar-refractivity contribution in [3.8, 4) is 0 Å². The number of hydrogen-bond donors (Lipinski definition) is 3. The predicted molar refractivity (Wildman–Crippen MR) is 112 cm³/mol. The predicted octanol–water partition coefficient (Wildman–Crippen LogP) is 2.55. The molecule has 0 aliphatic heterocycles. The molecule has 154 valence electrons. The minimum atomic E-state index is 0.185. The van der Waals surface area contributed by atoms with Crippen LogP contribution in [0, 0.1) is 5.92 Å². The number of ether oxygens (including phenoxy) is 1. The Balaban J connectivity index is 1.33. The molecule has 1 amide bonds. The van der Waals surface area contributed by atoms with Gasteiger partial charge in [0.25, 0.3) is 0 Å². The molecule has 1 atom stereocenters. The maximum Gasteiger partial charge on any atom is 0.223 e. The average Bonchev–Trinajstić information content (AvgIpc) is 3.56. The van der Waals surface area contributed by atoms with Crippen LogP contribution >= 0.6 is 0 Å². The van der Waals surface area contributed by atoms with E-state index in [1.165, 1.54) is 24.0 Å². The Kier molecular flexibility index (Phi) is 8.15. The zero-order chi connectivity index (χ0) is 19.6. The minimum absolute atomic E-state index is 0.185. The molecular weight excluding hydrogens is 352 g/mol. The van der Waals surface area contributed by atoms with Crippen LogP contribution < -0.4 is 16.0 Å². The zero-order valence-corrected chi connectivity index (χ0v) is 17.0. The fraction of sp³-hybridized carbons (Fsp3) is 0.636. The van der Waals surface area contributed by atoms with Crippen molar-refractivity contribution in [1.29, 1.82) is 0 Å². The van der Waals surface area contributed by atoms with Crippen molar-refractivity contribution in [2.75, 3.05) is 32.8 Å². The summed E-state index contributed by atoms with van der Waals surface area (Å²) in [7, 11) is 0. The summed E-state index contributed by atoms with van der Waals surface area (Å²) in [5, 5.41) is 9.48. The maximum atomic E-state index is 11.6. The lowest BCUT2D eigenvalue weighted by molar-refractivity contribution is -0.122. The lowest BCUT2D eigenvalue weighted by Crippen LogP contribution is -2.41. The third-order valence-electron chi connectivity index (χ3n) is 5.21. The molecule has 0 heterocycles. The molecule has 6 heteroatoms. The lowest BCUT2D eigenvalue weighted by Gasteiger charge is -2.25. The molecular formula is C22H34N4O2. The summed E-state index contributed by atoms with van der Waals surface area (Å²) in [5.74, 6) is 1.24. The third-order valence-corrected chi connectivity index (χ3v) is 5.21. The van der Waals surface area contributed by atoms with Gasteiger partial charge in [0.15, 0.2) is 5.96 Å². The molecule has 0 aromatic heterocycles. The SMILES string of the molecule is CCNC(=NCCCOC1CCCc2ccccc21)NCCNC(=O)C1CC1. The standard InChI is InChI=1S/C22H34N4O2/c1-2-23-22(26-15-14-24-21(27)18-11-12-18)25-13-6-16-28-20-10-5-8-17-7-3-4-9-19(17)20/h3-4,7,9,18,20H,2,5-6,8,10-16H2,1H3,(H,24,27)(H2,23,25,26). The molecule has 1 unspecified atom stereocenters. The Hall–Kier alpha value is -2.08. The summed E-state index contributed by atoms with van der Waals surface area (Å²) in [6, 6.07) is 8.64. The highest BCUT2D eigenvalue weighted by atomic mass is 16.5. The number of nitrogens with one attached hydrogen (secondary N) is 3. The van der Waals surface area contributed by atoms with Gasteiger partial charge in [-0.3, -0.25) is 9.79 Å². The number of carbonyl (C=O) groups excluding carboxylic acids is 1. The highest BCUT2D eigenvalue weighted by Gasteiger charge is 2.28. The largest absolute Gasteiger partial charge is 0.373 e. The van der Waals surface area contributed by atoms with Crippen molar-refractivity contribution in [3.63, 3.8) is 0 Å². The molecule has 1 fully saturated rings. The number of fused-ring (bicyclic) bond motifs is 1. The van der Waals surface area contributed by atoms with E-state index in [-0.39, 0.29) is 17.9 Å². The second-order valence-corrected chi connectivity index (χ2v) is 7.56. The quantitative estimate of drug-likeness (QED) is 0.328. The van der Waals surface area contributed by atoms with E-state index in [1.807, 2.05) is 0 Å². The van der Waals surface area contributed by atoms with Crippen molar-refractivity contribution >= 4 is 11.9 Å². The second-order valence-electron chi connectivity index (χ2n) is 7.56. The summed E-state index contributed by atoms with van der Waals surface area (Å²) < 4.78 is 6.15. The first kappa shape index (κ1) is 20.6. The fourth-order valence-electron chi connectivity index (χ4n) is 3.56. The molecule has 0 radical (unpaired) electrons. The zero-order valence-electron chi connectivity index (χ0n) is 17.0. The Bertz CT molecular complexity index is 658. The van der Waals surface area contributed by atoms with Crippen LogP contribution in [0.15, 0.2) is 29.3 Å². The number of hydrogen-bond acceptors (Lipinski definition) is 3. The van der Waals surface area contributed by atoms with Crippen LogP contribution in [-0.2, 0) is 16.0 Å². The smallest absolute Gasteiger partial charge is 0.223 e. The van der Waals surface area contributed by atoms with Crippen LogP contribution in [0.1, 0.15) is 56.3 Å². The Labute approximate surface area is 168 Å². The molecule has 3 rings (SSSR count). The summed E-state index contributed by atoms with van der Waals surface area (Å²) in [4.78, 5) is 16.2. The van der Waals surface area contributed by atoms with Crippen molar-refractivity contribution in [2.24, 2.45) is 10.9 Å². The normalized spacial score (nSPS) is 19.0. The number of guanidine groups is 1. The van der Waals surface area contributed by atoms with Gasteiger partial charge in [0.2, 0.25) is 5.91 Å². The van der Waals surface area contributed by atoms with Crippen LogP contribution in [0.5, 0.6) is 0 Å². The fourth-order valence-corrected chi connectivity index (χ4v) is 3.56. The second kappa shape index (κ2) is 11.1. The average molecular weight is 387 g/mol. The number of benzene rings is 1. The van der Waals surface area contributed by atoms with E-state index in [4.69, 9.17) is 4.74 Å². The van der Waals surface area contributed by atoms with Crippen LogP contribution in [0.25, 0.3) is 0 Å². The van der Waals surface area contributed by atoms with E-state index in [0.29, 0.717) is 13.1 Å². The Morgan fingerprint density at radius 3 is 2.79 bits per heavy atom.